The second-order valence-electron chi connectivity index (χ2n) is 7.11. The molecule has 2 atom stereocenters. The summed E-state index contributed by atoms with van der Waals surface area (Å²) in [5.74, 6) is -0.0129. The number of hydrogen-bond acceptors (Lipinski definition) is 5. The zero-order chi connectivity index (χ0) is 19.0. The second kappa shape index (κ2) is 7.05. The Kier molecular flexibility index (Phi) is 4.74. The van der Waals surface area contributed by atoms with Crippen LogP contribution < -0.4 is 0 Å². The van der Waals surface area contributed by atoms with Gasteiger partial charge in [0.2, 0.25) is 0 Å². The van der Waals surface area contributed by atoms with Gasteiger partial charge in [-0.15, -0.1) is 0 Å². The highest BCUT2D eigenvalue weighted by molar-refractivity contribution is 7.91. The van der Waals surface area contributed by atoms with Crippen LogP contribution >= 0.6 is 0 Å². The summed E-state index contributed by atoms with van der Waals surface area (Å²) < 4.78 is 24.4. The number of nitrogens with zero attached hydrogens (tertiary/aromatic N) is 3. The number of sulfone groups is 1. The molecule has 0 aliphatic carbocycles. The minimum Gasteiger partial charge on any atom is -0.330 e. The van der Waals surface area contributed by atoms with Crippen LogP contribution in [0.2, 0.25) is 0 Å². The third kappa shape index (κ3) is 3.49. The molecule has 2 aromatic rings. The van der Waals surface area contributed by atoms with Crippen molar-refractivity contribution in [1.29, 1.82) is 0 Å². The predicted octanol–water partition coefficient (Wildman–Crippen LogP) is 1.69. The number of rotatable bonds is 3. The van der Waals surface area contributed by atoms with E-state index in [4.69, 9.17) is 0 Å². The first-order valence-electron chi connectivity index (χ1n) is 9.26. The zero-order valence-corrected chi connectivity index (χ0v) is 16.1. The van der Waals surface area contributed by atoms with E-state index in [1.54, 1.807) is 11.0 Å². The molecule has 1 amide bonds. The smallest absolute Gasteiger partial charge is 0.272 e. The summed E-state index contributed by atoms with van der Waals surface area (Å²) in [6.45, 7) is 4.04. The number of hydrogen-bond donors (Lipinski definition) is 0. The molecule has 2 saturated heterocycles. The number of carbonyl (C=O) groups excluding carboxylic acids is 1. The molecule has 6 nitrogen and oxygen atoms in total. The topological polar surface area (TPSA) is 70.6 Å². The Morgan fingerprint density at radius 1 is 1.04 bits per heavy atom. The van der Waals surface area contributed by atoms with Crippen LogP contribution in [0.5, 0.6) is 0 Å². The molecular weight excluding hydrogens is 362 g/mol. The van der Waals surface area contributed by atoms with E-state index in [0.29, 0.717) is 18.8 Å². The first-order chi connectivity index (χ1) is 13.0. The standard InChI is InChI=1S/C20H23N3O3S/c1-2-22-11-12-23(19-14-27(25,26)13-18(19)22)20(24)17-10-6-9-16(21-17)15-7-4-3-5-8-15/h3-10,18-19H,2,11-14H2,1H3/t18-,19+/m1/s1. The monoisotopic (exact) mass is 385 g/mol. The second-order valence-corrected chi connectivity index (χ2v) is 9.27. The van der Waals surface area contributed by atoms with Gasteiger partial charge in [0.15, 0.2) is 9.84 Å². The maximum Gasteiger partial charge on any atom is 0.272 e. The van der Waals surface area contributed by atoms with Crippen LogP contribution in [-0.2, 0) is 9.84 Å². The number of carbonyl (C=O) groups is 1. The lowest BCUT2D eigenvalue weighted by Gasteiger charge is -2.43. The molecule has 7 heteroatoms. The van der Waals surface area contributed by atoms with Gasteiger partial charge < -0.3 is 4.90 Å². The number of likely N-dealkylation sites (N-methyl/N-ethyl adjacent to an activating group) is 1. The summed E-state index contributed by atoms with van der Waals surface area (Å²) in [6, 6.07) is 14.7. The van der Waals surface area contributed by atoms with Gasteiger partial charge in [-0.05, 0) is 18.7 Å². The highest BCUT2D eigenvalue weighted by atomic mass is 32.2. The van der Waals surface area contributed by atoms with Gasteiger partial charge in [-0.25, -0.2) is 13.4 Å². The van der Waals surface area contributed by atoms with Gasteiger partial charge in [0.1, 0.15) is 5.69 Å². The van der Waals surface area contributed by atoms with Crippen LogP contribution in [0.15, 0.2) is 48.5 Å². The fourth-order valence-electron chi connectivity index (χ4n) is 4.14. The maximum absolute atomic E-state index is 13.2. The number of fused-ring (bicyclic) bond motifs is 1. The molecule has 0 radical (unpaired) electrons. The van der Waals surface area contributed by atoms with Crippen molar-refractivity contribution in [3.8, 4) is 11.3 Å². The van der Waals surface area contributed by atoms with Gasteiger partial charge in [-0.2, -0.15) is 0 Å². The van der Waals surface area contributed by atoms with Gasteiger partial charge in [0.25, 0.3) is 5.91 Å². The lowest BCUT2D eigenvalue weighted by molar-refractivity contribution is 0.0345. The van der Waals surface area contributed by atoms with Crippen molar-refractivity contribution in [2.45, 2.75) is 19.0 Å². The van der Waals surface area contributed by atoms with E-state index < -0.39 is 9.84 Å². The van der Waals surface area contributed by atoms with Gasteiger partial charge in [0.05, 0.1) is 23.2 Å². The van der Waals surface area contributed by atoms with E-state index >= 15 is 0 Å². The molecule has 0 spiro atoms. The van der Waals surface area contributed by atoms with Crippen molar-refractivity contribution in [3.63, 3.8) is 0 Å². The number of pyridine rings is 1. The average molecular weight is 385 g/mol. The molecular formula is C20H23N3O3S. The van der Waals surface area contributed by atoms with Gasteiger partial charge in [-0.1, -0.05) is 43.3 Å². The fourth-order valence-corrected chi connectivity index (χ4v) is 6.15. The Bertz CT molecular complexity index is 946. The molecule has 0 unspecified atom stereocenters. The molecule has 0 bridgehead atoms. The Morgan fingerprint density at radius 2 is 1.78 bits per heavy atom. The van der Waals surface area contributed by atoms with Crippen LogP contribution in [0, 0.1) is 0 Å². The van der Waals surface area contributed by atoms with Crippen molar-refractivity contribution in [3.05, 3.63) is 54.2 Å². The molecule has 2 fully saturated rings. The molecule has 3 heterocycles. The van der Waals surface area contributed by atoms with E-state index in [-0.39, 0.29) is 29.5 Å². The quantitative estimate of drug-likeness (QED) is 0.804. The van der Waals surface area contributed by atoms with Gasteiger partial charge in [0, 0.05) is 24.7 Å². The average Bonchev–Trinajstić information content (AvgIpc) is 3.02. The molecule has 2 aliphatic rings. The van der Waals surface area contributed by atoms with Crippen LogP contribution in [0.4, 0.5) is 0 Å². The molecule has 0 saturated carbocycles. The lowest BCUT2D eigenvalue weighted by Crippen LogP contribution is -2.60. The van der Waals surface area contributed by atoms with Crippen LogP contribution in [0.25, 0.3) is 11.3 Å². The third-order valence-corrected chi connectivity index (χ3v) is 7.19. The normalized spacial score (nSPS) is 24.6. The molecule has 4 rings (SSSR count). The van der Waals surface area contributed by atoms with Crippen molar-refractivity contribution in [2.24, 2.45) is 0 Å². The van der Waals surface area contributed by atoms with Crippen molar-refractivity contribution in [1.82, 2.24) is 14.8 Å². The van der Waals surface area contributed by atoms with E-state index in [0.717, 1.165) is 17.8 Å². The largest absolute Gasteiger partial charge is 0.330 e. The number of aromatic nitrogens is 1. The minimum absolute atomic E-state index is 0.0400. The van der Waals surface area contributed by atoms with E-state index in [1.807, 2.05) is 49.4 Å². The summed E-state index contributed by atoms with van der Waals surface area (Å²) in [5, 5.41) is 0. The Labute approximate surface area is 159 Å². The molecule has 142 valence electrons. The number of benzene rings is 1. The summed E-state index contributed by atoms with van der Waals surface area (Å²) in [5.41, 5.74) is 2.05. The van der Waals surface area contributed by atoms with E-state index in [1.165, 1.54) is 0 Å². The first kappa shape index (κ1) is 18.1. The number of amides is 1. The van der Waals surface area contributed by atoms with Gasteiger partial charge in [-0.3, -0.25) is 9.69 Å². The Morgan fingerprint density at radius 3 is 2.52 bits per heavy atom. The van der Waals surface area contributed by atoms with Gasteiger partial charge >= 0.3 is 0 Å². The molecule has 27 heavy (non-hydrogen) atoms. The van der Waals surface area contributed by atoms with E-state index in [9.17, 15) is 13.2 Å². The Hall–Kier alpha value is -2.25. The molecule has 0 N–H and O–H groups in total. The summed E-state index contributed by atoms with van der Waals surface area (Å²) in [4.78, 5) is 21.6. The van der Waals surface area contributed by atoms with Crippen molar-refractivity contribution < 1.29 is 13.2 Å². The zero-order valence-electron chi connectivity index (χ0n) is 15.3. The number of piperazine rings is 1. The molecule has 1 aromatic carbocycles. The fraction of sp³-hybridized carbons (Fsp3) is 0.400. The Balaban J connectivity index is 1.63. The first-order valence-corrected chi connectivity index (χ1v) is 11.1. The summed E-state index contributed by atoms with van der Waals surface area (Å²) in [6.07, 6.45) is 0. The highest BCUT2D eigenvalue weighted by Crippen LogP contribution is 2.28. The van der Waals surface area contributed by atoms with Crippen LogP contribution in [0.3, 0.4) is 0 Å². The third-order valence-electron chi connectivity index (χ3n) is 5.50. The van der Waals surface area contributed by atoms with Crippen LogP contribution in [-0.4, -0.2) is 72.3 Å². The van der Waals surface area contributed by atoms with E-state index in [2.05, 4.69) is 9.88 Å². The predicted molar refractivity (Wildman–Crippen MR) is 104 cm³/mol. The van der Waals surface area contributed by atoms with Crippen LogP contribution in [0.1, 0.15) is 17.4 Å². The highest BCUT2D eigenvalue weighted by Gasteiger charge is 2.47. The summed E-state index contributed by atoms with van der Waals surface area (Å²) in [7, 11) is -3.13. The molecule has 1 aromatic heterocycles. The lowest BCUT2D eigenvalue weighted by atomic mass is 10.0. The molecule has 2 aliphatic heterocycles. The minimum atomic E-state index is -3.13. The van der Waals surface area contributed by atoms with Crippen molar-refractivity contribution in [2.75, 3.05) is 31.1 Å². The maximum atomic E-state index is 13.2. The SMILES string of the molecule is CCN1CCN(C(=O)c2cccc(-c3ccccc3)n2)[C@H]2CS(=O)(=O)C[C@H]21. The van der Waals surface area contributed by atoms with Crippen molar-refractivity contribution >= 4 is 15.7 Å². The summed E-state index contributed by atoms with van der Waals surface area (Å²) >= 11 is 0.